The molecule has 1 fully saturated rings. The maximum absolute atomic E-state index is 11.5. The minimum Gasteiger partial charge on any atom is -0.450 e. The van der Waals surface area contributed by atoms with E-state index in [4.69, 9.17) is 5.02 Å². The van der Waals surface area contributed by atoms with Crippen LogP contribution >= 0.6 is 0 Å². The fourth-order valence-corrected chi connectivity index (χ4v) is 1.14. The van der Waals surface area contributed by atoms with Crippen LogP contribution in [-0.4, -0.2) is 29.4 Å². The molecule has 5 heteroatoms. The number of amides is 1. The van der Waals surface area contributed by atoms with Crippen molar-refractivity contribution in [1.82, 2.24) is 10.3 Å². The van der Waals surface area contributed by atoms with Crippen molar-refractivity contribution in [2.24, 2.45) is 0 Å². The first-order valence-corrected chi connectivity index (χ1v) is 4.54. The third-order valence-corrected chi connectivity index (χ3v) is 2.08. The number of rotatable bonds is 3. The first-order chi connectivity index (χ1) is 6.79. The molecular weight excluding hydrogens is 179 g/mol. The molecule has 1 heterocycles. The highest BCUT2D eigenvalue weighted by molar-refractivity contribution is 6.45. The number of hydrogen-bond donors (Lipinski definition) is 2. The molecule has 1 saturated carbocycles. The van der Waals surface area contributed by atoms with Crippen molar-refractivity contribution >= 4 is 18.9 Å². The molecule has 1 aliphatic rings. The molecule has 0 unspecified atom stereocenters. The topological polar surface area (TPSA) is 62.2 Å². The monoisotopic (exact) mass is 189 g/mol. The quantitative estimate of drug-likeness (QED) is 0.612. The number of pyridine rings is 1. The van der Waals surface area contributed by atoms with Gasteiger partial charge < -0.3 is 10.3 Å². The average Bonchev–Trinajstić information content (AvgIpc) is 3.02. The summed E-state index contributed by atoms with van der Waals surface area (Å²) in [5, 5.41) is 11.6. The Bertz CT molecular complexity index is 352. The summed E-state index contributed by atoms with van der Waals surface area (Å²) in [5.41, 5.74) is 0.931. The van der Waals surface area contributed by atoms with Gasteiger partial charge in [0.25, 0.3) is 5.91 Å². The van der Waals surface area contributed by atoms with Crippen molar-refractivity contribution in [2.45, 2.75) is 18.9 Å². The largest absolute Gasteiger partial charge is 0.450 e. The molecule has 1 aliphatic carbocycles. The zero-order chi connectivity index (χ0) is 9.97. The summed E-state index contributed by atoms with van der Waals surface area (Å²) in [7, 11) is 0.954. The van der Waals surface area contributed by atoms with Gasteiger partial charge in [-0.05, 0) is 30.4 Å². The number of hydrogen-bond acceptors (Lipinski definition) is 3. The summed E-state index contributed by atoms with van der Waals surface area (Å²) in [4.78, 5) is 15.4. The van der Waals surface area contributed by atoms with E-state index in [9.17, 15) is 4.79 Å². The highest BCUT2D eigenvalue weighted by Crippen LogP contribution is 2.18. The lowest BCUT2D eigenvalue weighted by atomic mass is 9.89. The van der Waals surface area contributed by atoms with Crippen LogP contribution in [-0.2, 0) is 0 Å². The molecule has 0 atom stereocenters. The van der Waals surface area contributed by atoms with Gasteiger partial charge in [0, 0.05) is 12.2 Å². The molecule has 2 rings (SSSR count). The van der Waals surface area contributed by atoms with E-state index in [-0.39, 0.29) is 5.91 Å². The third-order valence-electron chi connectivity index (χ3n) is 2.08. The number of nitrogens with zero attached hydrogens (tertiary/aromatic N) is 1. The molecule has 1 aromatic heterocycles. The maximum atomic E-state index is 11.5. The molecule has 1 amide bonds. The maximum Gasteiger partial charge on any atom is 0.326 e. The van der Waals surface area contributed by atoms with Gasteiger partial charge in [-0.1, -0.05) is 0 Å². The van der Waals surface area contributed by atoms with Gasteiger partial charge in [0.15, 0.2) is 0 Å². The van der Waals surface area contributed by atoms with E-state index in [1.807, 2.05) is 0 Å². The summed E-state index contributed by atoms with van der Waals surface area (Å²) >= 11 is 0. The fraction of sp³-hybridized carbons (Fsp3) is 0.333. The molecule has 0 aromatic carbocycles. The second-order valence-corrected chi connectivity index (χ2v) is 3.35. The molecule has 2 N–H and O–H groups in total. The normalized spacial score (nSPS) is 14.9. The summed E-state index contributed by atoms with van der Waals surface area (Å²) in [6.45, 7) is 0. The Morgan fingerprint density at radius 1 is 1.64 bits per heavy atom. The lowest BCUT2D eigenvalue weighted by Crippen LogP contribution is -2.28. The molecule has 0 bridgehead atoms. The van der Waals surface area contributed by atoms with Gasteiger partial charge in [-0.25, -0.2) is 0 Å². The Hall–Kier alpha value is -1.36. The number of carbonyl (C=O) groups is 1. The van der Waals surface area contributed by atoms with E-state index in [2.05, 4.69) is 10.3 Å². The summed E-state index contributed by atoms with van der Waals surface area (Å²) < 4.78 is 0. The fourth-order valence-electron chi connectivity index (χ4n) is 1.14. The Kier molecular flexibility index (Phi) is 2.50. The van der Waals surface area contributed by atoms with Crippen molar-refractivity contribution in [3.63, 3.8) is 0 Å². The molecule has 0 spiro atoms. The van der Waals surface area contributed by atoms with Crippen molar-refractivity contribution in [3.8, 4) is 0 Å². The van der Waals surface area contributed by atoms with Gasteiger partial charge in [-0.2, -0.15) is 0 Å². The van der Waals surface area contributed by atoms with E-state index in [0.29, 0.717) is 17.2 Å². The minimum absolute atomic E-state index is 0.170. The van der Waals surface area contributed by atoms with E-state index >= 15 is 0 Å². The molecule has 1 radical (unpaired) electrons. The average molecular weight is 189 g/mol. The Morgan fingerprint density at radius 3 is 3.07 bits per heavy atom. The molecule has 4 nitrogen and oxygen atoms in total. The number of carbonyl (C=O) groups excluding carboxylic acids is 1. The molecule has 0 saturated heterocycles. The van der Waals surface area contributed by atoms with Gasteiger partial charge in [0.05, 0.1) is 0 Å². The lowest BCUT2D eigenvalue weighted by molar-refractivity contribution is 0.0946. The number of aromatic nitrogens is 1. The molecular formula is C9H10BN2O2. The highest BCUT2D eigenvalue weighted by Gasteiger charge is 2.24. The zero-order valence-electron chi connectivity index (χ0n) is 7.60. The molecule has 14 heavy (non-hydrogen) atoms. The van der Waals surface area contributed by atoms with Gasteiger partial charge in [-0.15, -0.1) is 0 Å². The predicted molar refractivity (Wildman–Crippen MR) is 52.3 cm³/mol. The molecule has 0 aliphatic heterocycles. The SMILES string of the molecule is O=C(NC1CC1)c1cc([B]O)ccn1. The number of nitrogens with one attached hydrogen (secondary N) is 1. The Morgan fingerprint density at radius 2 is 2.43 bits per heavy atom. The van der Waals surface area contributed by atoms with Crippen LogP contribution in [0, 0.1) is 0 Å². The zero-order valence-corrected chi connectivity index (χ0v) is 7.60. The van der Waals surface area contributed by atoms with Crippen LogP contribution in [0.15, 0.2) is 18.3 Å². The van der Waals surface area contributed by atoms with E-state index in [1.165, 1.54) is 6.20 Å². The van der Waals surface area contributed by atoms with Gasteiger partial charge in [0.2, 0.25) is 0 Å². The Balaban J connectivity index is 2.09. The molecule has 71 valence electrons. The standard InChI is InChI=1S/C9H10BN2O2/c13-9(12-7-1-2-7)8-5-6(10-14)3-4-11-8/h3-5,7,14H,1-2H2,(H,12,13). The van der Waals surface area contributed by atoms with Crippen LogP contribution in [0.5, 0.6) is 0 Å². The smallest absolute Gasteiger partial charge is 0.326 e. The van der Waals surface area contributed by atoms with E-state index in [0.717, 1.165) is 20.3 Å². The summed E-state index contributed by atoms with van der Waals surface area (Å²) in [6, 6.07) is 3.51. The predicted octanol–water partition coefficient (Wildman–Crippen LogP) is -0.789. The minimum atomic E-state index is -0.170. The second-order valence-electron chi connectivity index (χ2n) is 3.35. The van der Waals surface area contributed by atoms with Crippen molar-refractivity contribution in [3.05, 3.63) is 24.0 Å². The van der Waals surface area contributed by atoms with Crippen LogP contribution in [0.3, 0.4) is 0 Å². The first kappa shape index (κ1) is 9.21. The lowest BCUT2D eigenvalue weighted by Gasteiger charge is -2.02. The summed E-state index contributed by atoms with van der Waals surface area (Å²) in [5.74, 6) is -0.170. The first-order valence-electron chi connectivity index (χ1n) is 4.54. The van der Waals surface area contributed by atoms with Crippen LogP contribution in [0.1, 0.15) is 23.3 Å². The van der Waals surface area contributed by atoms with Gasteiger partial charge >= 0.3 is 7.48 Å². The van der Waals surface area contributed by atoms with Crippen molar-refractivity contribution < 1.29 is 9.82 Å². The second kappa shape index (κ2) is 3.80. The van der Waals surface area contributed by atoms with Gasteiger partial charge in [-0.3, -0.25) is 9.78 Å². The van der Waals surface area contributed by atoms with Crippen LogP contribution < -0.4 is 10.8 Å². The summed E-state index contributed by atoms with van der Waals surface area (Å²) in [6.07, 6.45) is 3.61. The highest BCUT2D eigenvalue weighted by atomic mass is 16.2. The van der Waals surface area contributed by atoms with Crippen LogP contribution in [0.2, 0.25) is 0 Å². The third kappa shape index (κ3) is 2.11. The van der Waals surface area contributed by atoms with Crippen molar-refractivity contribution in [2.75, 3.05) is 0 Å². The van der Waals surface area contributed by atoms with Crippen LogP contribution in [0.25, 0.3) is 0 Å². The van der Waals surface area contributed by atoms with Crippen molar-refractivity contribution in [1.29, 1.82) is 0 Å². The molecule has 1 aromatic rings. The van der Waals surface area contributed by atoms with E-state index < -0.39 is 0 Å². The van der Waals surface area contributed by atoms with Crippen LogP contribution in [0.4, 0.5) is 0 Å². The van der Waals surface area contributed by atoms with E-state index in [1.54, 1.807) is 12.1 Å². The van der Waals surface area contributed by atoms with Gasteiger partial charge in [0.1, 0.15) is 5.69 Å². The Labute approximate surface area is 82.6 Å².